The Kier molecular flexibility index (Phi) is 38.6. The van der Waals surface area contributed by atoms with E-state index in [9.17, 15) is 19.0 Å². The van der Waals surface area contributed by atoms with Crippen molar-refractivity contribution in [3.63, 3.8) is 0 Å². The first-order chi connectivity index (χ1) is 25.8. The maximum Gasteiger partial charge on any atom is 0.472 e. The topological polar surface area (TPSA) is 134 Å². The molecule has 0 aliphatic rings. The highest BCUT2D eigenvalue weighted by molar-refractivity contribution is 7.47. The molecule has 2 atom stereocenters. The Hall–Kier alpha value is -1.77. The minimum absolute atomic E-state index is 0.0513. The third-order valence-corrected chi connectivity index (χ3v) is 9.98. The van der Waals surface area contributed by atoms with Crippen LogP contribution in [0.1, 0.15) is 194 Å². The first-order valence-corrected chi connectivity index (χ1v) is 23.0. The summed E-state index contributed by atoms with van der Waals surface area (Å²) in [5, 5.41) is 0. The van der Waals surface area contributed by atoms with Crippen LogP contribution in [0.15, 0.2) is 36.5 Å². The second kappa shape index (κ2) is 39.9. The lowest BCUT2D eigenvalue weighted by Gasteiger charge is -2.19. The number of ether oxygens (including phenoxy) is 2. The van der Waals surface area contributed by atoms with Gasteiger partial charge in [0, 0.05) is 19.4 Å². The third kappa shape index (κ3) is 39.7. The molecule has 0 fully saturated rings. The number of rotatable bonds is 40. The van der Waals surface area contributed by atoms with Gasteiger partial charge in [0.05, 0.1) is 13.2 Å². The molecule has 2 unspecified atom stereocenters. The summed E-state index contributed by atoms with van der Waals surface area (Å²) in [6.07, 6.45) is 43.1. The number of nitrogens with two attached hydrogens (primary N) is 1. The summed E-state index contributed by atoms with van der Waals surface area (Å²) in [5.41, 5.74) is 5.34. The molecule has 0 heterocycles. The van der Waals surface area contributed by atoms with E-state index in [0.29, 0.717) is 6.42 Å². The van der Waals surface area contributed by atoms with Gasteiger partial charge in [-0.2, -0.15) is 0 Å². The van der Waals surface area contributed by atoms with Crippen molar-refractivity contribution in [3.05, 3.63) is 36.5 Å². The molecule has 0 aromatic heterocycles. The first kappa shape index (κ1) is 51.2. The molecule has 0 aliphatic carbocycles. The van der Waals surface area contributed by atoms with Crippen molar-refractivity contribution in [2.24, 2.45) is 5.73 Å². The Morgan fingerprint density at radius 3 is 1.49 bits per heavy atom. The van der Waals surface area contributed by atoms with Crippen molar-refractivity contribution in [2.45, 2.75) is 200 Å². The second-order valence-electron chi connectivity index (χ2n) is 14.2. The summed E-state index contributed by atoms with van der Waals surface area (Å²) >= 11 is 0. The first-order valence-electron chi connectivity index (χ1n) is 21.5. The normalized spacial score (nSPS) is 13.7. The van der Waals surface area contributed by atoms with Gasteiger partial charge in [0.2, 0.25) is 0 Å². The van der Waals surface area contributed by atoms with Crippen LogP contribution >= 0.6 is 7.82 Å². The van der Waals surface area contributed by atoms with Crippen LogP contribution in [0.2, 0.25) is 0 Å². The molecule has 0 saturated carbocycles. The van der Waals surface area contributed by atoms with Crippen LogP contribution in [0, 0.1) is 0 Å². The van der Waals surface area contributed by atoms with Gasteiger partial charge in [0.25, 0.3) is 0 Å². The lowest BCUT2D eigenvalue weighted by Crippen LogP contribution is -2.29. The van der Waals surface area contributed by atoms with Crippen LogP contribution in [-0.2, 0) is 32.7 Å². The van der Waals surface area contributed by atoms with E-state index in [1.165, 1.54) is 89.9 Å². The highest BCUT2D eigenvalue weighted by atomic mass is 31.2. The maximum atomic E-state index is 12.6. The Bertz CT molecular complexity index is 970. The number of esters is 2. The molecule has 0 rings (SSSR count). The molecule has 0 saturated heterocycles. The van der Waals surface area contributed by atoms with Crippen molar-refractivity contribution in [2.75, 3.05) is 26.4 Å². The lowest BCUT2D eigenvalue weighted by atomic mass is 10.1. The number of carbonyl (C=O) groups is 2. The zero-order valence-electron chi connectivity index (χ0n) is 34.0. The Balaban J connectivity index is 4.15. The molecule has 9 nitrogen and oxygen atoms in total. The fourth-order valence-corrected chi connectivity index (χ4v) is 6.54. The number of carbonyl (C=O) groups excluding carboxylic acids is 2. The number of hydrogen-bond donors (Lipinski definition) is 2. The van der Waals surface area contributed by atoms with Crippen LogP contribution in [0.3, 0.4) is 0 Å². The highest BCUT2D eigenvalue weighted by Crippen LogP contribution is 2.43. The van der Waals surface area contributed by atoms with Crippen LogP contribution in [0.25, 0.3) is 0 Å². The van der Waals surface area contributed by atoms with Gasteiger partial charge in [0.15, 0.2) is 6.10 Å². The molecule has 0 spiro atoms. The molecule has 310 valence electrons. The molecule has 3 N–H and O–H groups in total. The average molecular weight is 770 g/mol. The van der Waals surface area contributed by atoms with Gasteiger partial charge in [-0.25, -0.2) is 4.57 Å². The molecule has 0 bridgehead atoms. The van der Waals surface area contributed by atoms with E-state index in [2.05, 4.69) is 50.3 Å². The number of phosphoric ester groups is 1. The Morgan fingerprint density at radius 2 is 0.981 bits per heavy atom. The zero-order chi connectivity index (χ0) is 38.9. The highest BCUT2D eigenvalue weighted by Gasteiger charge is 2.26. The van der Waals surface area contributed by atoms with Gasteiger partial charge in [-0.05, 0) is 70.6 Å². The van der Waals surface area contributed by atoms with E-state index < -0.39 is 32.5 Å². The molecule has 0 aromatic carbocycles. The second-order valence-corrected chi connectivity index (χ2v) is 15.7. The quantitative estimate of drug-likeness (QED) is 0.0270. The van der Waals surface area contributed by atoms with Crippen molar-refractivity contribution in [1.82, 2.24) is 0 Å². The number of unbranched alkanes of at least 4 members (excludes halogenated alkanes) is 21. The van der Waals surface area contributed by atoms with E-state index in [0.717, 1.165) is 70.6 Å². The molecule has 0 aliphatic heterocycles. The zero-order valence-corrected chi connectivity index (χ0v) is 34.9. The molecular weight excluding hydrogens is 689 g/mol. The Morgan fingerprint density at radius 1 is 0.566 bits per heavy atom. The van der Waals surface area contributed by atoms with Crippen molar-refractivity contribution in [1.29, 1.82) is 0 Å². The number of phosphoric acid groups is 1. The SMILES string of the molecule is CCCCCC=CCC=CCCCCCCCCCCCC(=O)OC(COC(=O)CCCCCCCC=CCCCCCC)COP(=O)(O)OCCN. The summed E-state index contributed by atoms with van der Waals surface area (Å²) in [7, 11) is -4.38. The van der Waals surface area contributed by atoms with Gasteiger partial charge in [0.1, 0.15) is 6.61 Å². The molecule has 0 amide bonds. The van der Waals surface area contributed by atoms with E-state index in [1.807, 2.05) is 0 Å². The summed E-state index contributed by atoms with van der Waals surface area (Å²) in [4.78, 5) is 34.8. The summed E-state index contributed by atoms with van der Waals surface area (Å²) in [6.45, 7) is 3.68. The van der Waals surface area contributed by atoms with Crippen LogP contribution in [0.4, 0.5) is 0 Å². The van der Waals surface area contributed by atoms with Gasteiger partial charge >= 0.3 is 19.8 Å². The number of hydrogen-bond acceptors (Lipinski definition) is 8. The third-order valence-electron chi connectivity index (χ3n) is 9.00. The molecular formula is C43H80NO8P. The van der Waals surface area contributed by atoms with Crippen molar-refractivity contribution in [3.8, 4) is 0 Å². The Labute approximate surface area is 324 Å². The van der Waals surface area contributed by atoms with E-state index in [1.54, 1.807) is 0 Å². The van der Waals surface area contributed by atoms with Crippen LogP contribution in [0.5, 0.6) is 0 Å². The van der Waals surface area contributed by atoms with Gasteiger partial charge in [-0.3, -0.25) is 18.6 Å². The minimum atomic E-state index is -4.38. The predicted octanol–water partition coefficient (Wildman–Crippen LogP) is 12.2. The van der Waals surface area contributed by atoms with E-state index >= 15 is 0 Å². The van der Waals surface area contributed by atoms with Crippen molar-refractivity contribution < 1.29 is 37.6 Å². The molecule has 10 heteroatoms. The smallest absolute Gasteiger partial charge is 0.462 e. The largest absolute Gasteiger partial charge is 0.472 e. The monoisotopic (exact) mass is 770 g/mol. The molecule has 0 radical (unpaired) electrons. The maximum absolute atomic E-state index is 12.6. The van der Waals surface area contributed by atoms with Gasteiger partial charge in [-0.15, -0.1) is 0 Å². The molecule has 0 aromatic rings. The number of allylic oxidation sites excluding steroid dienone is 6. The summed E-state index contributed by atoms with van der Waals surface area (Å²) < 4.78 is 32.7. The fourth-order valence-electron chi connectivity index (χ4n) is 5.78. The van der Waals surface area contributed by atoms with Crippen molar-refractivity contribution >= 4 is 19.8 Å². The average Bonchev–Trinajstić information content (AvgIpc) is 3.14. The van der Waals surface area contributed by atoms with Gasteiger partial charge in [-0.1, -0.05) is 147 Å². The summed E-state index contributed by atoms with van der Waals surface area (Å²) in [6, 6.07) is 0. The van der Waals surface area contributed by atoms with E-state index in [-0.39, 0.29) is 32.6 Å². The fraction of sp³-hybridized carbons (Fsp3) is 0.814. The lowest BCUT2D eigenvalue weighted by molar-refractivity contribution is -0.161. The summed E-state index contributed by atoms with van der Waals surface area (Å²) in [5.74, 6) is -0.842. The standard InChI is InChI=1S/C43H80NO8P/c1-3-5-7-9-11-13-15-17-18-19-20-21-22-24-26-28-30-32-34-36-43(46)52-41(40-51-53(47,48)50-38-37-44)39-49-42(45)35-33-31-29-27-25-23-16-14-12-10-8-6-4-2/h11,13-14,16-18,41H,3-10,12,15,19-40,44H2,1-2H3,(H,47,48). The van der Waals surface area contributed by atoms with Crippen LogP contribution in [-0.4, -0.2) is 49.3 Å². The van der Waals surface area contributed by atoms with Gasteiger partial charge < -0.3 is 20.1 Å². The minimum Gasteiger partial charge on any atom is -0.462 e. The predicted molar refractivity (Wildman–Crippen MR) is 220 cm³/mol. The van der Waals surface area contributed by atoms with Crippen LogP contribution < -0.4 is 5.73 Å². The van der Waals surface area contributed by atoms with E-state index in [4.69, 9.17) is 24.3 Å². The molecule has 53 heavy (non-hydrogen) atoms.